The van der Waals surface area contributed by atoms with Crippen molar-refractivity contribution in [1.29, 1.82) is 0 Å². The molecule has 2 aliphatic rings. The molecule has 0 heterocycles. The molecule has 4 atom stereocenters. The highest BCUT2D eigenvalue weighted by Gasteiger charge is 2.65. The molecule has 0 radical (unpaired) electrons. The summed E-state index contributed by atoms with van der Waals surface area (Å²) in [5.74, 6) is 0.650. The van der Waals surface area contributed by atoms with Crippen LogP contribution in [0, 0.1) is 16.7 Å². The van der Waals surface area contributed by atoms with Crippen molar-refractivity contribution in [2.75, 3.05) is 7.05 Å². The molecule has 0 aromatic rings. The Hall–Kier alpha value is -0.0800. The summed E-state index contributed by atoms with van der Waals surface area (Å²) in [6.45, 7) is 6.87. The van der Waals surface area contributed by atoms with Crippen LogP contribution in [-0.2, 0) is 0 Å². The Bertz CT molecular complexity index is 226. The second kappa shape index (κ2) is 2.48. The van der Waals surface area contributed by atoms with Crippen molar-refractivity contribution < 1.29 is 5.11 Å². The highest BCUT2D eigenvalue weighted by molar-refractivity contribution is 5.16. The van der Waals surface area contributed by atoms with Gasteiger partial charge in [-0.3, -0.25) is 0 Å². The van der Waals surface area contributed by atoms with E-state index in [0.29, 0.717) is 17.4 Å². The first-order valence-electron chi connectivity index (χ1n) is 5.30. The van der Waals surface area contributed by atoms with Crippen LogP contribution in [0.1, 0.15) is 33.6 Å². The van der Waals surface area contributed by atoms with Crippen molar-refractivity contribution in [1.82, 2.24) is 5.32 Å². The lowest BCUT2D eigenvalue weighted by atomic mass is 9.70. The van der Waals surface area contributed by atoms with Crippen LogP contribution in [0.3, 0.4) is 0 Å². The number of aliphatic hydroxyl groups is 1. The largest absolute Gasteiger partial charge is 0.391 e. The average Bonchev–Trinajstić information content (AvgIpc) is 2.36. The maximum atomic E-state index is 10.2. The van der Waals surface area contributed by atoms with Gasteiger partial charge in [0, 0.05) is 11.5 Å². The van der Waals surface area contributed by atoms with Crippen LogP contribution >= 0.6 is 0 Å². The number of aliphatic hydroxyl groups excluding tert-OH is 1. The Labute approximate surface area is 80.7 Å². The molecule has 0 amide bonds. The maximum absolute atomic E-state index is 10.2. The van der Waals surface area contributed by atoms with E-state index in [1.807, 2.05) is 7.05 Å². The third-order valence-electron chi connectivity index (χ3n) is 5.13. The lowest BCUT2D eigenvalue weighted by molar-refractivity contribution is 0.00130. The van der Waals surface area contributed by atoms with Crippen molar-refractivity contribution in [3.05, 3.63) is 0 Å². The first kappa shape index (κ1) is 9.47. The fourth-order valence-electron chi connectivity index (χ4n) is 3.69. The fraction of sp³-hybridized carbons (Fsp3) is 1.00. The second-order valence-corrected chi connectivity index (χ2v) is 5.54. The van der Waals surface area contributed by atoms with Gasteiger partial charge in [0.2, 0.25) is 0 Å². The van der Waals surface area contributed by atoms with Gasteiger partial charge in [-0.05, 0) is 31.2 Å². The van der Waals surface area contributed by atoms with E-state index in [2.05, 4.69) is 26.1 Å². The van der Waals surface area contributed by atoms with Crippen LogP contribution in [0.15, 0.2) is 0 Å². The molecule has 0 saturated heterocycles. The summed E-state index contributed by atoms with van der Waals surface area (Å²) >= 11 is 0. The summed E-state index contributed by atoms with van der Waals surface area (Å²) in [5.41, 5.74) is 0.422. The number of nitrogens with one attached hydrogen (secondary N) is 1. The number of likely N-dealkylation sites (N-methyl/N-ethyl adjacent to an activating group) is 1. The van der Waals surface area contributed by atoms with Crippen LogP contribution in [0.5, 0.6) is 0 Å². The molecule has 0 spiro atoms. The number of fused-ring (bicyclic) bond motifs is 2. The Morgan fingerprint density at radius 3 is 2.23 bits per heavy atom. The number of hydrogen-bond donors (Lipinski definition) is 2. The average molecular weight is 183 g/mol. The second-order valence-electron chi connectivity index (χ2n) is 5.54. The van der Waals surface area contributed by atoms with Crippen LogP contribution in [0.2, 0.25) is 0 Å². The van der Waals surface area contributed by atoms with Crippen LogP contribution in [0.4, 0.5) is 0 Å². The van der Waals surface area contributed by atoms with Gasteiger partial charge < -0.3 is 10.4 Å². The first-order valence-corrected chi connectivity index (χ1v) is 5.30. The minimum atomic E-state index is -0.161. The Kier molecular flexibility index (Phi) is 1.81. The smallest absolute Gasteiger partial charge is 0.0754 e. The van der Waals surface area contributed by atoms with Gasteiger partial charge in [0.05, 0.1) is 6.10 Å². The predicted molar refractivity (Wildman–Crippen MR) is 53.5 cm³/mol. The van der Waals surface area contributed by atoms with Crippen molar-refractivity contribution in [3.63, 3.8) is 0 Å². The molecule has 0 aromatic carbocycles. The Morgan fingerprint density at radius 1 is 1.31 bits per heavy atom. The maximum Gasteiger partial charge on any atom is 0.0754 e. The van der Waals surface area contributed by atoms with E-state index < -0.39 is 0 Å². The first-order chi connectivity index (χ1) is 5.95. The molecule has 2 heteroatoms. The Morgan fingerprint density at radius 2 is 1.92 bits per heavy atom. The van der Waals surface area contributed by atoms with Crippen molar-refractivity contribution >= 4 is 0 Å². The molecule has 0 aliphatic heterocycles. The highest BCUT2D eigenvalue weighted by atomic mass is 16.3. The quantitative estimate of drug-likeness (QED) is 0.644. The van der Waals surface area contributed by atoms with E-state index in [9.17, 15) is 5.11 Å². The van der Waals surface area contributed by atoms with Crippen LogP contribution < -0.4 is 5.32 Å². The van der Waals surface area contributed by atoms with Gasteiger partial charge in [0.1, 0.15) is 0 Å². The van der Waals surface area contributed by atoms with E-state index >= 15 is 0 Å². The topological polar surface area (TPSA) is 32.3 Å². The molecular weight excluding hydrogens is 162 g/mol. The molecule has 2 aliphatic carbocycles. The number of rotatable bonds is 1. The third-order valence-corrected chi connectivity index (χ3v) is 5.13. The zero-order valence-corrected chi connectivity index (χ0v) is 9.09. The molecule has 2 saturated carbocycles. The molecule has 2 N–H and O–H groups in total. The summed E-state index contributed by atoms with van der Waals surface area (Å²) in [6.07, 6.45) is 2.29. The van der Waals surface area contributed by atoms with E-state index in [1.165, 1.54) is 12.8 Å². The molecule has 0 aromatic heterocycles. The molecule has 13 heavy (non-hydrogen) atoms. The predicted octanol–water partition coefficient (Wildman–Crippen LogP) is 1.39. The molecular formula is C11H21NO. The summed E-state index contributed by atoms with van der Waals surface area (Å²) in [5, 5.41) is 13.5. The van der Waals surface area contributed by atoms with Crippen molar-refractivity contribution in [3.8, 4) is 0 Å². The summed E-state index contributed by atoms with van der Waals surface area (Å²) in [7, 11) is 1.97. The summed E-state index contributed by atoms with van der Waals surface area (Å²) < 4.78 is 0. The van der Waals surface area contributed by atoms with Gasteiger partial charge in [-0.1, -0.05) is 20.8 Å². The SMILES string of the molecule is CNC1C2CCC(C)(C1O)C2(C)C. The minimum Gasteiger partial charge on any atom is -0.391 e. The molecule has 2 bridgehead atoms. The van der Waals surface area contributed by atoms with Gasteiger partial charge in [-0.15, -0.1) is 0 Å². The fourth-order valence-corrected chi connectivity index (χ4v) is 3.69. The molecule has 76 valence electrons. The van der Waals surface area contributed by atoms with Crippen molar-refractivity contribution in [2.45, 2.75) is 45.8 Å². The third kappa shape index (κ3) is 0.861. The van der Waals surface area contributed by atoms with Crippen LogP contribution in [0.25, 0.3) is 0 Å². The summed E-state index contributed by atoms with van der Waals surface area (Å²) in [6, 6.07) is 0.314. The van der Waals surface area contributed by atoms with Gasteiger partial charge in [-0.25, -0.2) is 0 Å². The normalized spacial score (nSPS) is 52.8. The number of hydrogen-bond acceptors (Lipinski definition) is 2. The molecule has 4 unspecified atom stereocenters. The van der Waals surface area contributed by atoms with Gasteiger partial charge >= 0.3 is 0 Å². The summed E-state index contributed by atoms with van der Waals surface area (Å²) in [4.78, 5) is 0. The lowest BCUT2D eigenvalue weighted by Crippen LogP contribution is -2.45. The van der Waals surface area contributed by atoms with E-state index in [4.69, 9.17) is 0 Å². The molecule has 2 nitrogen and oxygen atoms in total. The zero-order valence-electron chi connectivity index (χ0n) is 9.09. The minimum absolute atomic E-state index is 0.130. The molecule has 2 rings (SSSR count). The Balaban J connectivity index is 2.39. The van der Waals surface area contributed by atoms with E-state index in [1.54, 1.807) is 0 Å². The monoisotopic (exact) mass is 183 g/mol. The lowest BCUT2D eigenvalue weighted by Gasteiger charge is -2.37. The van der Waals surface area contributed by atoms with Gasteiger partial charge in [-0.2, -0.15) is 0 Å². The highest BCUT2D eigenvalue weighted by Crippen LogP contribution is 2.65. The van der Waals surface area contributed by atoms with Gasteiger partial charge in [0.25, 0.3) is 0 Å². The standard InChI is InChI=1S/C11H21NO/c1-10(2)7-5-6-11(10,3)9(13)8(7)12-4/h7-9,12-13H,5-6H2,1-4H3. The van der Waals surface area contributed by atoms with Crippen LogP contribution in [-0.4, -0.2) is 24.3 Å². The van der Waals surface area contributed by atoms with E-state index in [-0.39, 0.29) is 11.5 Å². The van der Waals surface area contributed by atoms with Gasteiger partial charge in [0.15, 0.2) is 0 Å². The molecule has 2 fully saturated rings. The zero-order chi connectivity index (χ0) is 9.85. The van der Waals surface area contributed by atoms with E-state index in [0.717, 1.165) is 0 Å². The van der Waals surface area contributed by atoms with Crippen molar-refractivity contribution in [2.24, 2.45) is 16.7 Å².